The number of phenols is 1. The molecule has 0 amide bonds. The van der Waals surface area contributed by atoms with Crippen molar-refractivity contribution in [2.75, 3.05) is 0 Å². The molecule has 0 aromatic heterocycles. The van der Waals surface area contributed by atoms with Crippen LogP contribution in [0.1, 0.15) is 43.0 Å². The van der Waals surface area contributed by atoms with E-state index in [1.54, 1.807) is 6.21 Å². The summed E-state index contributed by atoms with van der Waals surface area (Å²) in [5.41, 5.74) is 4.85. The summed E-state index contributed by atoms with van der Waals surface area (Å²) in [6.45, 7) is 10.4. The molecule has 2 heteroatoms. The van der Waals surface area contributed by atoms with Gasteiger partial charge >= 0.3 is 0 Å². The smallest absolute Gasteiger partial charge is 0.128 e. The average Bonchev–Trinajstić information content (AvgIpc) is 2.38. The second-order valence-electron chi connectivity index (χ2n) is 6.49. The van der Waals surface area contributed by atoms with Crippen molar-refractivity contribution in [3.63, 3.8) is 0 Å². The van der Waals surface area contributed by atoms with Crippen molar-refractivity contribution in [3.8, 4) is 5.75 Å². The third-order valence-electron chi connectivity index (χ3n) is 3.65. The highest BCUT2D eigenvalue weighted by Gasteiger charge is 2.19. The lowest BCUT2D eigenvalue weighted by atomic mass is 9.85. The van der Waals surface area contributed by atoms with Gasteiger partial charge in [0, 0.05) is 11.8 Å². The molecular formula is C19H23NO. The molecule has 0 unspecified atom stereocenters. The van der Waals surface area contributed by atoms with Gasteiger partial charge < -0.3 is 5.11 Å². The second-order valence-corrected chi connectivity index (χ2v) is 6.49. The molecule has 110 valence electrons. The van der Waals surface area contributed by atoms with Crippen LogP contribution in [0.5, 0.6) is 5.75 Å². The number of para-hydroxylation sites is 2. The monoisotopic (exact) mass is 281 g/mol. The van der Waals surface area contributed by atoms with Crippen LogP contribution in [0.4, 0.5) is 5.69 Å². The summed E-state index contributed by atoms with van der Waals surface area (Å²) in [4.78, 5) is 4.57. The van der Waals surface area contributed by atoms with Gasteiger partial charge in [0.1, 0.15) is 5.75 Å². The van der Waals surface area contributed by atoms with E-state index in [4.69, 9.17) is 0 Å². The van der Waals surface area contributed by atoms with Gasteiger partial charge in [-0.3, -0.25) is 4.99 Å². The first-order valence-electron chi connectivity index (χ1n) is 7.23. The summed E-state index contributed by atoms with van der Waals surface area (Å²) in [6.07, 6.45) is 1.75. The molecule has 0 radical (unpaired) electrons. The van der Waals surface area contributed by atoms with E-state index in [1.807, 2.05) is 50.2 Å². The molecule has 2 nitrogen and oxygen atoms in total. The summed E-state index contributed by atoms with van der Waals surface area (Å²) in [5, 5.41) is 10.4. The lowest BCUT2D eigenvalue weighted by molar-refractivity contribution is 0.446. The van der Waals surface area contributed by atoms with Gasteiger partial charge in [-0.25, -0.2) is 0 Å². The number of aryl methyl sites for hydroxylation is 2. The number of nitrogens with zero attached hydrogens (tertiary/aromatic N) is 1. The van der Waals surface area contributed by atoms with E-state index < -0.39 is 0 Å². The maximum atomic E-state index is 10.4. The lowest BCUT2D eigenvalue weighted by Crippen LogP contribution is -2.11. The zero-order valence-electron chi connectivity index (χ0n) is 13.4. The minimum absolute atomic E-state index is 0.0908. The molecule has 0 saturated heterocycles. The Labute approximate surface area is 127 Å². The number of benzene rings is 2. The Morgan fingerprint density at radius 3 is 2.10 bits per heavy atom. The standard InChI is InChI=1S/C19H23NO/c1-13-8-6-9-14(2)17(13)20-12-15-10-7-11-16(18(15)21)19(3,4)5/h6-12,21H,1-5H3. The van der Waals surface area contributed by atoms with Crippen LogP contribution in [0.2, 0.25) is 0 Å². The van der Waals surface area contributed by atoms with E-state index in [0.29, 0.717) is 5.75 Å². The Bertz CT molecular complexity index is 658. The Morgan fingerprint density at radius 1 is 0.952 bits per heavy atom. The molecule has 0 atom stereocenters. The van der Waals surface area contributed by atoms with Gasteiger partial charge in [-0.1, -0.05) is 51.1 Å². The normalized spacial score (nSPS) is 12.0. The molecule has 0 saturated carbocycles. The lowest BCUT2D eigenvalue weighted by Gasteiger charge is -2.21. The van der Waals surface area contributed by atoms with E-state index >= 15 is 0 Å². The predicted octanol–water partition coefficient (Wildman–Crippen LogP) is 5.06. The number of hydrogen-bond donors (Lipinski definition) is 1. The molecule has 0 aliphatic heterocycles. The SMILES string of the molecule is Cc1cccc(C)c1N=Cc1cccc(C(C)(C)C)c1O. The molecule has 0 bridgehead atoms. The van der Waals surface area contributed by atoms with Crippen molar-refractivity contribution in [1.29, 1.82) is 0 Å². The van der Waals surface area contributed by atoms with Crippen LogP contribution in [0.15, 0.2) is 41.4 Å². The highest BCUT2D eigenvalue weighted by Crippen LogP contribution is 2.32. The first kappa shape index (κ1) is 15.3. The van der Waals surface area contributed by atoms with Crippen LogP contribution in [0.3, 0.4) is 0 Å². The fourth-order valence-electron chi connectivity index (χ4n) is 2.41. The van der Waals surface area contributed by atoms with E-state index in [0.717, 1.165) is 27.9 Å². The fraction of sp³-hybridized carbons (Fsp3) is 0.316. The summed E-state index contributed by atoms with van der Waals surface area (Å²) in [5.74, 6) is 0.319. The minimum Gasteiger partial charge on any atom is -0.507 e. The van der Waals surface area contributed by atoms with Crippen LogP contribution in [0.25, 0.3) is 0 Å². The Hall–Kier alpha value is -2.09. The highest BCUT2D eigenvalue weighted by atomic mass is 16.3. The quantitative estimate of drug-likeness (QED) is 0.767. The van der Waals surface area contributed by atoms with Crippen molar-refractivity contribution in [3.05, 3.63) is 58.7 Å². The summed E-state index contributed by atoms with van der Waals surface area (Å²) >= 11 is 0. The molecule has 0 aliphatic carbocycles. The zero-order chi connectivity index (χ0) is 15.6. The predicted molar refractivity (Wildman–Crippen MR) is 90.0 cm³/mol. The molecule has 2 rings (SSSR count). The first-order valence-corrected chi connectivity index (χ1v) is 7.23. The first-order chi connectivity index (χ1) is 9.80. The van der Waals surface area contributed by atoms with Gasteiger partial charge in [-0.05, 0) is 42.0 Å². The molecule has 21 heavy (non-hydrogen) atoms. The second kappa shape index (κ2) is 5.72. The minimum atomic E-state index is -0.0908. The molecule has 0 spiro atoms. The highest BCUT2D eigenvalue weighted by molar-refractivity contribution is 5.86. The topological polar surface area (TPSA) is 32.6 Å². The van der Waals surface area contributed by atoms with E-state index in [9.17, 15) is 5.11 Å². The fourth-order valence-corrected chi connectivity index (χ4v) is 2.41. The molecule has 0 aliphatic rings. The van der Waals surface area contributed by atoms with Gasteiger partial charge in [-0.15, -0.1) is 0 Å². The molecular weight excluding hydrogens is 258 g/mol. The third kappa shape index (κ3) is 3.33. The largest absolute Gasteiger partial charge is 0.507 e. The van der Waals surface area contributed by atoms with Gasteiger partial charge in [-0.2, -0.15) is 0 Å². The number of hydrogen-bond acceptors (Lipinski definition) is 2. The Morgan fingerprint density at radius 2 is 1.52 bits per heavy atom. The molecule has 2 aromatic rings. The third-order valence-corrected chi connectivity index (χ3v) is 3.65. The van der Waals surface area contributed by atoms with Crippen molar-refractivity contribution >= 4 is 11.9 Å². The average molecular weight is 281 g/mol. The maximum Gasteiger partial charge on any atom is 0.128 e. The van der Waals surface area contributed by atoms with Gasteiger partial charge in [0.05, 0.1) is 5.69 Å². The van der Waals surface area contributed by atoms with Gasteiger partial charge in [0.25, 0.3) is 0 Å². The number of aromatic hydroxyl groups is 1. The van der Waals surface area contributed by atoms with Crippen LogP contribution >= 0.6 is 0 Å². The number of phenolic OH excluding ortho intramolecular Hbond substituents is 1. The molecule has 2 aromatic carbocycles. The van der Waals surface area contributed by atoms with Crippen LogP contribution in [-0.4, -0.2) is 11.3 Å². The molecule has 0 fully saturated rings. The number of rotatable bonds is 2. The van der Waals surface area contributed by atoms with Crippen molar-refractivity contribution in [1.82, 2.24) is 0 Å². The van der Waals surface area contributed by atoms with Crippen molar-refractivity contribution in [2.24, 2.45) is 4.99 Å². The van der Waals surface area contributed by atoms with Crippen LogP contribution < -0.4 is 0 Å². The molecule has 1 N–H and O–H groups in total. The van der Waals surface area contributed by atoms with E-state index in [1.165, 1.54) is 0 Å². The van der Waals surface area contributed by atoms with Gasteiger partial charge in [0.15, 0.2) is 0 Å². The van der Waals surface area contributed by atoms with E-state index in [2.05, 4.69) is 25.8 Å². The van der Waals surface area contributed by atoms with Crippen molar-refractivity contribution in [2.45, 2.75) is 40.0 Å². The maximum absolute atomic E-state index is 10.4. The van der Waals surface area contributed by atoms with E-state index in [-0.39, 0.29) is 5.41 Å². The zero-order valence-corrected chi connectivity index (χ0v) is 13.4. The van der Waals surface area contributed by atoms with Crippen LogP contribution in [0, 0.1) is 13.8 Å². The summed E-state index contributed by atoms with van der Waals surface area (Å²) in [7, 11) is 0. The summed E-state index contributed by atoms with van der Waals surface area (Å²) in [6, 6.07) is 11.9. The molecule has 0 heterocycles. The Kier molecular flexibility index (Phi) is 4.17. The summed E-state index contributed by atoms with van der Waals surface area (Å²) < 4.78 is 0. The van der Waals surface area contributed by atoms with Crippen molar-refractivity contribution < 1.29 is 5.11 Å². The van der Waals surface area contributed by atoms with Crippen LogP contribution in [-0.2, 0) is 5.41 Å². The Balaban J connectivity index is 2.43. The van der Waals surface area contributed by atoms with Gasteiger partial charge in [0.2, 0.25) is 0 Å². The number of aliphatic imine (C=N–C) groups is 1.